The van der Waals surface area contributed by atoms with Gasteiger partial charge in [0, 0.05) is 6.04 Å². The second kappa shape index (κ2) is 4.60. The summed E-state index contributed by atoms with van der Waals surface area (Å²) < 4.78 is 0. The average molecular weight is 256 g/mol. The molecule has 1 aromatic rings. The highest BCUT2D eigenvalue weighted by Gasteiger charge is 2.45. The number of rotatable bonds is 1. The van der Waals surface area contributed by atoms with E-state index in [-0.39, 0.29) is 0 Å². The molecule has 1 unspecified atom stereocenters. The van der Waals surface area contributed by atoms with Crippen molar-refractivity contribution >= 4 is 0 Å². The largest absolute Gasteiger partial charge is 0.317 e. The predicted molar refractivity (Wildman–Crippen MR) is 78.4 cm³/mol. The summed E-state index contributed by atoms with van der Waals surface area (Å²) >= 11 is 0. The highest BCUT2D eigenvalue weighted by atomic mass is 15.2. The summed E-state index contributed by atoms with van der Waals surface area (Å²) in [6.45, 7) is 5.02. The second-order valence-corrected chi connectivity index (χ2v) is 6.58. The number of nitrogens with one attached hydrogen (secondary N) is 1. The van der Waals surface area contributed by atoms with Crippen molar-refractivity contribution in [1.29, 1.82) is 0 Å². The van der Waals surface area contributed by atoms with Crippen LogP contribution in [0.15, 0.2) is 24.3 Å². The van der Waals surface area contributed by atoms with Gasteiger partial charge in [-0.05, 0) is 74.8 Å². The van der Waals surface area contributed by atoms with Gasteiger partial charge in [0.25, 0.3) is 0 Å². The summed E-state index contributed by atoms with van der Waals surface area (Å²) in [5.41, 5.74) is 3.80. The Labute approximate surface area is 116 Å². The molecule has 19 heavy (non-hydrogen) atoms. The SMILES string of the molecule is c1ccc2c(c1)C(N1CCCC1)CC21CCNCC1. The van der Waals surface area contributed by atoms with Gasteiger partial charge in [-0.15, -0.1) is 0 Å². The third-order valence-electron chi connectivity index (χ3n) is 5.62. The van der Waals surface area contributed by atoms with Crippen LogP contribution in [0.5, 0.6) is 0 Å². The minimum Gasteiger partial charge on any atom is -0.317 e. The molecule has 2 heterocycles. The first-order chi connectivity index (χ1) is 9.39. The van der Waals surface area contributed by atoms with Gasteiger partial charge >= 0.3 is 0 Å². The maximum absolute atomic E-state index is 3.54. The molecule has 4 rings (SSSR count). The monoisotopic (exact) mass is 256 g/mol. The molecule has 1 atom stereocenters. The van der Waals surface area contributed by atoms with E-state index in [1.54, 1.807) is 11.1 Å². The number of likely N-dealkylation sites (tertiary alicyclic amines) is 1. The first kappa shape index (κ1) is 11.9. The number of nitrogens with zero attached hydrogens (tertiary/aromatic N) is 1. The molecule has 0 saturated carbocycles. The van der Waals surface area contributed by atoms with Crippen molar-refractivity contribution in [2.75, 3.05) is 26.2 Å². The third kappa shape index (κ3) is 1.85. The highest BCUT2D eigenvalue weighted by Crippen LogP contribution is 2.52. The Morgan fingerprint density at radius 1 is 1.05 bits per heavy atom. The maximum atomic E-state index is 3.54. The topological polar surface area (TPSA) is 15.3 Å². The summed E-state index contributed by atoms with van der Waals surface area (Å²) in [5, 5.41) is 3.54. The average Bonchev–Trinajstić information content (AvgIpc) is 3.08. The van der Waals surface area contributed by atoms with E-state index in [4.69, 9.17) is 0 Å². The van der Waals surface area contributed by atoms with Crippen LogP contribution in [0.25, 0.3) is 0 Å². The third-order valence-corrected chi connectivity index (χ3v) is 5.62. The molecule has 0 radical (unpaired) electrons. The number of hydrogen-bond donors (Lipinski definition) is 1. The summed E-state index contributed by atoms with van der Waals surface area (Å²) in [6.07, 6.45) is 6.82. The summed E-state index contributed by atoms with van der Waals surface area (Å²) in [7, 11) is 0. The lowest BCUT2D eigenvalue weighted by atomic mass is 9.74. The molecule has 1 aromatic carbocycles. The van der Waals surface area contributed by atoms with Crippen LogP contribution in [-0.2, 0) is 5.41 Å². The van der Waals surface area contributed by atoms with Gasteiger partial charge in [0.15, 0.2) is 0 Å². The van der Waals surface area contributed by atoms with Crippen LogP contribution in [0.1, 0.15) is 49.3 Å². The van der Waals surface area contributed by atoms with Crippen LogP contribution in [0.4, 0.5) is 0 Å². The number of benzene rings is 1. The van der Waals surface area contributed by atoms with Crippen LogP contribution >= 0.6 is 0 Å². The van der Waals surface area contributed by atoms with E-state index in [1.165, 1.54) is 58.3 Å². The van der Waals surface area contributed by atoms with Crippen molar-refractivity contribution in [3.8, 4) is 0 Å². The lowest BCUT2D eigenvalue weighted by molar-refractivity contribution is 0.195. The van der Waals surface area contributed by atoms with Crippen LogP contribution in [0, 0.1) is 0 Å². The highest BCUT2D eigenvalue weighted by molar-refractivity contribution is 5.43. The smallest absolute Gasteiger partial charge is 0.0359 e. The fourth-order valence-electron chi connectivity index (χ4n) is 4.62. The van der Waals surface area contributed by atoms with Crippen molar-refractivity contribution in [2.45, 2.75) is 43.6 Å². The first-order valence-electron chi connectivity index (χ1n) is 7.93. The molecule has 2 fully saturated rings. The zero-order valence-electron chi connectivity index (χ0n) is 11.7. The fourth-order valence-corrected chi connectivity index (χ4v) is 4.62. The van der Waals surface area contributed by atoms with Gasteiger partial charge in [-0.2, -0.15) is 0 Å². The fraction of sp³-hybridized carbons (Fsp3) is 0.647. The molecular weight excluding hydrogens is 232 g/mol. The zero-order chi connectivity index (χ0) is 12.7. The van der Waals surface area contributed by atoms with Crippen molar-refractivity contribution in [2.24, 2.45) is 0 Å². The first-order valence-corrected chi connectivity index (χ1v) is 7.93. The molecule has 0 amide bonds. The summed E-state index contributed by atoms with van der Waals surface area (Å²) in [5.74, 6) is 0. The van der Waals surface area contributed by atoms with E-state index in [9.17, 15) is 0 Å². The molecule has 2 heteroatoms. The van der Waals surface area contributed by atoms with Gasteiger partial charge in [-0.1, -0.05) is 24.3 Å². The molecule has 1 aliphatic carbocycles. The molecule has 3 aliphatic rings. The molecule has 2 aliphatic heterocycles. The molecule has 2 nitrogen and oxygen atoms in total. The van der Waals surface area contributed by atoms with Gasteiger partial charge in [0.1, 0.15) is 0 Å². The maximum Gasteiger partial charge on any atom is 0.0359 e. The van der Waals surface area contributed by atoms with Gasteiger partial charge < -0.3 is 5.32 Å². The van der Waals surface area contributed by atoms with E-state index in [2.05, 4.69) is 34.5 Å². The Morgan fingerprint density at radius 3 is 2.58 bits per heavy atom. The van der Waals surface area contributed by atoms with Crippen LogP contribution in [0.2, 0.25) is 0 Å². The van der Waals surface area contributed by atoms with E-state index in [0.29, 0.717) is 11.5 Å². The second-order valence-electron chi connectivity index (χ2n) is 6.58. The van der Waals surface area contributed by atoms with Gasteiger partial charge in [-0.25, -0.2) is 0 Å². The van der Waals surface area contributed by atoms with Crippen molar-refractivity contribution in [3.05, 3.63) is 35.4 Å². The van der Waals surface area contributed by atoms with E-state index < -0.39 is 0 Å². The van der Waals surface area contributed by atoms with Crippen molar-refractivity contribution in [1.82, 2.24) is 10.2 Å². The minimum atomic E-state index is 0.481. The Bertz CT molecular complexity index is 456. The summed E-state index contributed by atoms with van der Waals surface area (Å²) in [6, 6.07) is 10.00. The molecule has 0 aromatic heterocycles. The van der Waals surface area contributed by atoms with Gasteiger partial charge in [0.05, 0.1) is 0 Å². The van der Waals surface area contributed by atoms with Crippen LogP contribution in [-0.4, -0.2) is 31.1 Å². The lowest BCUT2D eigenvalue weighted by Gasteiger charge is -2.36. The van der Waals surface area contributed by atoms with Gasteiger partial charge in [-0.3, -0.25) is 4.90 Å². The quantitative estimate of drug-likeness (QED) is 0.831. The number of hydrogen-bond acceptors (Lipinski definition) is 2. The van der Waals surface area contributed by atoms with Gasteiger partial charge in [0.2, 0.25) is 0 Å². The zero-order valence-corrected chi connectivity index (χ0v) is 11.7. The van der Waals surface area contributed by atoms with E-state index in [1.807, 2.05) is 0 Å². The van der Waals surface area contributed by atoms with Crippen molar-refractivity contribution in [3.63, 3.8) is 0 Å². The Balaban J connectivity index is 1.73. The predicted octanol–water partition coefficient (Wildman–Crippen LogP) is 2.85. The van der Waals surface area contributed by atoms with E-state index >= 15 is 0 Å². The summed E-state index contributed by atoms with van der Waals surface area (Å²) in [4.78, 5) is 2.75. The molecule has 1 N–H and O–H groups in total. The van der Waals surface area contributed by atoms with Crippen molar-refractivity contribution < 1.29 is 0 Å². The normalized spacial score (nSPS) is 29.8. The molecule has 102 valence electrons. The van der Waals surface area contributed by atoms with E-state index in [0.717, 1.165) is 0 Å². The number of piperidine rings is 1. The Morgan fingerprint density at radius 2 is 1.79 bits per heavy atom. The molecule has 2 saturated heterocycles. The minimum absolute atomic E-state index is 0.481. The number of fused-ring (bicyclic) bond motifs is 2. The molecule has 0 bridgehead atoms. The van der Waals surface area contributed by atoms with Crippen LogP contribution < -0.4 is 5.32 Å². The molecule has 1 spiro atoms. The van der Waals surface area contributed by atoms with Crippen LogP contribution in [0.3, 0.4) is 0 Å². The molecular formula is C17H24N2. The lowest BCUT2D eigenvalue weighted by Crippen LogP contribution is -2.39. The standard InChI is InChI=1S/C17H24N2/c1-2-6-15-14(5-1)16(19-11-3-4-12-19)13-17(15)7-9-18-10-8-17/h1-2,5-6,16,18H,3-4,7-13H2. The Kier molecular flexibility index (Phi) is 2.89. The Hall–Kier alpha value is -0.860.